The lowest BCUT2D eigenvalue weighted by Crippen LogP contribution is -2.34. The smallest absolute Gasteiger partial charge is 0.319 e. The summed E-state index contributed by atoms with van der Waals surface area (Å²) in [5.74, 6) is 0.590. The minimum Gasteiger partial charge on any atom is -0.373 e. The highest BCUT2D eigenvalue weighted by Crippen LogP contribution is 2.30. The molecule has 5 rings (SSSR count). The van der Waals surface area contributed by atoms with Crippen molar-refractivity contribution < 1.29 is 13.9 Å². The average molecular weight is 446 g/mol. The third-order valence-corrected chi connectivity index (χ3v) is 5.46. The lowest BCUT2D eigenvalue weighted by molar-refractivity contribution is 0.143. The van der Waals surface area contributed by atoms with E-state index in [1.54, 1.807) is 24.3 Å². The Balaban J connectivity index is 1.48. The quantitative estimate of drug-likeness (QED) is 0.616. The fraction of sp³-hybridized carbons (Fsp3) is 0.250. The van der Waals surface area contributed by atoms with Gasteiger partial charge in [0.1, 0.15) is 5.82 Å². The summed E-state index contributed by atoms with van der Waals surface area (Å²) in [5, 5.41) is 5.71. The minimum absolute atomic E-state index is 0.218. The van der Waals surface area contributed by atoms with E-state index in [9.17, 15) is 9.18 Å². The first-order chi connectivity index (χ1) is 16.1. The molecule has 1 aliphatic carbocycles. The van der Waals surface area contributed by atoms with Crippen molar-refractivity contribution in [3.8, 4) is 22.6 Å². The second-order valence-corrected chi connectivity index (χ2v) is 8.01. The van der Waals surface area contributed by atoms with E-state index in [1.807, 2.05) is 17.0 Å². The van der Waals surface area contributed by atoms with Crippen LogP contribution in [0.4, 0.5) is 20.7 Å². The fourth-order valence-corrected chi connectivity index (χ4v) is 3.56. The Labute approximate surface area is 190 Å². The van der Waals surface area contributed by atoms with Crippen LogP contribution in [0.1, 0.15) is 12.8 Å². The molecule has 33 heavy (non-hydrogen) atoms. The lowest BCUT2D eigenvalue weighted by Gasteiger charge is -2.30. The number of benzene rings is 1. The van der Waals surface area contributed by atoms with Gasteiger partial charge in [-0.2, -0.15) is 0 Å². The normalized spacial score (nSPS) is 15.9. The van der Waals surface area contributed by atoms with Crippen molar-refractivity contribution in [3.63, 3.8) is 0 Å². The van der Waals surface area contributed by atoms with Crippen LogP contribution in [-0.2, 0) is 4.74 Å². The zero-order valence-corrected chi connectivity index (χ0v) is 17.9. The molecule has 0 atom stereocenters. The van der Waals surface area contributed by atoms with E-state index in [4.69, 9.17) is 9.72 Å². The standard InChI is InChI=1S/C24H23FN6O2/c1-15-14-33-11-10-31(15)22-12-21(19-8-9-26-13-20(19)25)29-23(30-22)16-2-4-17(5-3-16)27-24(32)28-18-6-7-18/h2-5,8-9,12-13,18H,1,6-7,10-11,14H2,(H2,27,28,32). The number of halogens is 1. The van der Waals surface area contributed by atoms with Crippen molar-refractivity contribution in [3.05, 3.63) is 66.9 Å². The molecule has 1 saturated carbocycles. The van der Waals surface area contributed by atoms with Crippen molar-refractivity contribution in [2.75, 3.05) is 30.0 Å². The van der Waals surface area contributed by atoms with Crippen LogP contribution < -0.4 is 15.5 Å². The Hall–Kier alpha value is -3.85. The van der Waals surface area contributed by atoms with Crippen LogP contribution in [0.2, 0.25) is 0 Å². The topological polar surface area (TPSA) is 92.3 Å². The van der Waals surface area contributed by atoms with E-state index >= 15 is 0 Å². The molecule has 1 aromatic carbocycles. The second kappa shape index (κ2) is 8.95. The van der Waals surface area contributed by atoms with Crippen LogP contribution in [0.5, 0.6) is 0 Å². The maximum Gasteiger partial charge on any atom is 0.319 e. The van der Waals surface area contributed by atoms with Crippen LogP contribution in [0.15, 0.2) is 61.1 Å². The largest absolute Gasteiger partial charge is 0.373 e. The second-order valence-electron chi connectivity index (χ2n) is 8.01. The van der Waals surface area contributed by atoms with Crippen LogP contribution in [0.3, 0.4) is 0 Å². The van der Waals surface area contributed by atoms with Gasteiger partial charge < -0.3 is 20.3 Å². The maximum absolute atomic E-state index is 14.5. The van der Waals surface area contributed by atoms with Crippen molar-refractivity contribution in [2.24, 2.45) is 0 Å². The molecule has 0 radical (unpaired) electrons. The molecule has 2 aromatic heterocycles. The molecule has 0 unspecified atom stereocenters. The Bertz CT molecular complexity index is 1200. The Morgan fingerprint density at radius 3 is 2.73 bits per heavy atom. The molecular formula is C24H23FN6O2. The molecule has 2 aliphatic rings. The highest BCUT2D eigenvalue weighted by molar-refractivity contribution is 5.89. The highest BCUT2D eigenvalue weighted by Gasteiger charge is 2.23. The molecule has 3 aromatic rings. The fourth-order valence-electron chi connectivity index (χ4n) is 3.56. The van der Waals surface area contributed by atoms with E-state index in [0.29, 0.717) is 48.3 Å². The monoisotopic (exact) mass is 446 g/mol. The van der Waals surface area contributed by atoms with Crippen LogP contribution in [0, 0.1) is 5.82 Å². The molecule has 1 aliphatic heterocycles. The number of morpholine rings is 1. The molecule has 9 heteroatoms. The highest BCUT2D eigenvalue weighted by atomic mass is 19.1. The van der Waals surface area contributed by atoms with Crippen molar-refractivity contribution in [2.45, 2.75) is 18.9 Å². The first-order valence-corrected chi connectivity index (χ1v) is 10.8. The first kappa shape index (κ1) is 21.0. The van der Waals surface area contributed by atoms with E-state index < -0.39 is 5.82 Å². The summed E-state index contributed by atoms with van der Waals surface area (Å²) in [6.45, 7) is 5.61. The lowest BCUT2D eigenvalue weighted by atomic mass is 10.1. The van der Waals surface area contributed by atoms with Gasteiger partial charge in [0.25, 0.3) is 0 Å². The molecule has 8 nitrogen and oxygen atoms in total. The molecule has 2 N–H and O–H groups in total. The summed E-state index contributed by atoms with van der Waals surface area (Å²) in [5.41, 5.74) is 2.95. The first-order valence-electron chi connectivity index (χ1n) is 10.8. The van der Waals surface area contributed by atoms with Gasteiger partial charge in [0, 0.05) is 47.4 Å². The third kappa shape index (κ3) is 4.83. The van der Waals surface area contributed by atoms with Gasteiger partial charge in [0.05, 0.1) is 25.1 Å². The number of anilines is 2. The predicted octanol–water partition coefficient (Wildman–Crippen LogP) is 3.98. The number of carbonyl (C=O) groups excluding carboxylic acids is 1. The number of rotatable bonds is 5. The van der Waals surface area contributed by atoms with Gasteiger partial charge in [0.2, 0.25) is 0 Å². The number of amides is 2. The molecular weight excluding hydrogens is 423 g/mol. The van der Waals surface area contributed by atoms with Gasteiger partial charge in [0.15, 0.2) is 11.6 Å². The zero-order chi connectivity index (χ0) is 22.8. The summed E-state index contributed by atoms with van der Waals surface area (Å²) in [6.07, 6.45) is 4.74. The number of nitrogens with zero attached hydrogens (tertiary/aromatic N) is 4. The van der Waals surface area contributed by atoms with Gasteiger partial charge in [-0.1, -0.05) is 6.58 Å². The SMILES string of the molecule is C=C1COCCN1c1cc(-c2ccncc2F)nc(-c2ccc(NC(=O)NC3CC3)cc2)n1. The number of aromatic nitrogens is 3. The molecule has 3 heterocycles. The Kier molecular flexibility index (Phi) is 5.70. The Morgan fingerprint density at radius 1 is 1.18 bits per heavy atom. The van der Waals surface area contributed by atoms with Gasteiger partial charge in [-0.25, -0.2) is 19.2 Å². The number of urea groups is 1. The molecule has 1 saturated heterocycles. The van der Waals surface area contributed by atoms with Crippen molar-refractivity contribution in [1.29, 1.82) is 0 Å². The summed E-state index contributed by atoms with van der Waals surface area (Å²) >= 11 is 0. The van der Waals surface area contributed by atoms with Gasteiger partial charge >= 0.3 is 6.03 Å². The average Bonchev–Trinajstić information content (AvgIpc) is 3.64. The summed E-state index contributed by atoms with van der Waals surface area (Å²) in [6, 6.07) is 10.6. The van der Waals surface area contributed by atoms with E-state index in [0.717, 1.165) is 30.3 Å². The number of ether oxygens (including phenoxy) is 1. The molecule has 2 amide bonds. The van der Waals surface area contributed by atoms with Gasteiger partial charge in [-0.3, -0.25) is 4.98 Å². The van der Waals surface area contributed by atoms with E-state index in [1.165, 1.54) is 6.20 Å². The molecule has 2 fully saturated rings. The molecule has 168 valence electrons. The van der Waals surface area contributed by atoms with E-state index in [2.05, 4.69) is 27.2 Å². The summed E-state index contributed by atoms with van der Waals surface area (Å²) in [7, 11) is 0. The van der Waals surface area contributed by atoms with Crippen LogP contribution in [0.25, 0.3) is 22.6 Å². The predicted molar refractivity (Wildman–Crippen MR) is 123 cm³/mol. The third-order valence-electron chi connectivity index (χ3n) is 5.46. The van der Waals surface area contributed by atoms with Crippen LogP contribution >= 0.6 is 0 Å². The molecule has 0 bridgehead atoms. The summed E-state index contributed by atoms with van der Waals surface area (Å²) < 4.78 is 20.0. The maximum atomic E-state index is 14.5. The van der Waals surface area contributed by atoms with Crippen molar-refractivity contribution >= 4 is 17.5 Å². The van der Waals surface area contributed by atoms with Gasteiger partial charge in [-0.05, 0) is 43.2 Å². The number of nitrogens with one attached hydrogen (secondary N) is 2. The zero-order valence-electron chi connectivity index (χ0n) is 17.9. The number of hydrogen-bond acceptors (Lipinski definition) is 6. The summed E-state index contributed by atoms with van der Waals surface area (Å²) in [4.78, 5) is 27.1. The minimum atomic E-state index is -0.463. The Morgan fingerprint density at radius 2 is 2.00 bits per heavy atom. The van der Waals surface area contributed by atoms with E-state index in [-0.39, 0.29) is 12.1 Å². The van der Waals surface area contributed by atoms with Gasteiger partial charge in [-0.15, -0.1) is 0 Å². The molecule has 0 spiro atoms. The van der Waals surface area contributed by atoms with Crippen LogP contribution in [-0.4, -0.2) is 46.8 Å². The van der Waals surface area contributed by atoms with Crippen molar-refractivity contribution in [1.82, 2.24) is 20.3 Å². The number of pyridine rings is 1. The number of carbonyl (C=O) groups is 1. The number of hydrogen-bond donors (Lipinski definition) is 2.